The van der Waals surface area contributed by atoms with Crippen LogP contribution in [0, 0.1) is 18.8 Å². The summed E-state index contributed by atoms with van der Waals surface area (Å²) in [5, 5.41) is 6.78. The van der Waals surface area contributed by atoms with Crippen molar-refractivity contribution in [3.63, 3.8) is 0 Å². The highest BCUT2D eigenvalue weighted by atomic mass is 19.2. The molecule has 5 rings (SSSR count). The number of hydrogen-bond donors (Lipinski definition) is 1. The quantitative estimate of drug-likeness (QED) is 0.213. The number of carbonyl (C=O) groups excluding carboxylic acids is 2. The second-order valence-corrected chi connectivity index (χ2v) is 13.6. The fourth-order valence-electron chi connectivity index (χ4n) is 6.99. The van der Waals surface area contributed by atoms with Crippen LogP contribution in [0.2, 0.25) is 0 Å². The topological polar surface area (TPSA) is 98.6 Å². The molecule has 48 heavy (non-hydrogen) atoms. The molecule has 2 fully saturated rings. The summed E-state index contributed by atoms with van der Waals surface area (Å²) in [7, 11) is 1.70. The normalized spacial score (nSPS) is 21.8. The first-order valence-electron chi connectivity index (χ1n) is 17.3. The van der Waals surface area contributed by atoms with Crippen LogP contribution in [0.5, 0.6) is 5.75 Å². The third-order valence-electron chi connectivity index (χ3n) is 9.86. The van der Waals surface area contributed by atoms with Crippen LogP contribution < -0.4 is 15.0 Å². The second-order valence-electron chi connectivity index (χ2n) is 13.6. The van der Waals surface area contributed by atoms with Crippen molar-refractivity contribution in [3.05, 3.63) is 60.0 Å². The summed E-state index contributed by atoms with van der Waals surface area (Å²) < 4.78 is 38.4. The molecule has 2 aliphatic rings. The SMILES string of the molecule is COc1ccc(C2CCC(CN(C(=O)C3CCC(OC(=O)NC[C@@H](F)CF)CC3)c3cc(-c4cnn(C(C)C)c4)ccn3)CC2)cc1C. The van der Waals surface area contributed by atoms with Gasteiger partial charge in [0, 0.05) is 36.5 Å². The first kappa shape index (κ1) is 35.3. The maximum Gasteiger partial charge on any atom is 0.407 e. The smallest absolute Gasteiger partial charge is 0.407 e. The Morgan fingerprint density at radius 3 is 2.44 bits per heavy atom. The van der Waals surface area contributed by atoms with Crippen LogP contribution in [-0.2, 0) is 9.53 Å². The van der Waals surface area contributed by atoms with Gasteiger partial charge < -0.3 is 14.8 Å². The summed E-state index contributed by atoms with van der Waals surface area (Å²) in [4.78, 5) is 33.0. The molecule has 2 heterocycles. The lowest BCUT2D eigenvalue weighted by Gasteiger charge is -2.35. The highest BCUT2D eigenvalue weighted by Crippen LogP contribution is 2.39. The molecule has 0 unspecified atom stereocenters. The van der Waals surface area contributed by atoms with E-state index in [9.17, 15) is 18.4 Å². The van der Waals surface area contributed by atoms with Crippen molar-refractivity contribution in [2.45, 2.75) is 96.4 Å². The molecule has 9 nitrogen and oxygen atoms in total. The van der Waals surface area contributed by atoms with Crippen LogP contribution >= 0.6 is 0 Å². The van der Waals surface area contributed by atoms with E-state index in [0.717, 1.165) is 48.1 Å². The minimum absolute atomic E-state index is 0.0385. The molecular weight excluding hydrogens is 616 g/mol. The molecule has 260 valence electrons. The Balaban J connectivity index is 1.28. The zero-order valence-corrected chi connectivity index (χ0v) is 28.5. The zero-order chi connectivity index (χ0) is 34.2. The maximum absolute atomic E-state index is 14.3. The molecule has 0 bridgehead atoms. The molecule has 2 aliphatic carbocycles. The van der Waals surface area contributed by atoms with Gasteiger partial charge in [-0.3, -0.25) is 14.4 Å². The van der Waals surface area contributed by atoms with Gasteiger partial charge in [0.1, 0.15) is 30.5 Å². The van der Waals surface area contributed by atoms with Gasteiger partial charge in [-0.25, -0.2) is 18.6 Å². The van der Waals surface area contributed by atoms with Crippen molar-refractivity contribution in [2.75, 3.05) is 31.8 Å². The summed E-state index contributed by atoms with van der Waals surface area (Å²) >= 11 is 0. The number of alkyl carbamates (subject to hydrolysis) is 1. The van der Waals surface area contributed by atoms with E-state index in [1.54, 1.807) is 13.3 Å². The molecule has 1 aromatic carbocycles. The summed E-state index contributed by atoms with van der Waals surface area (Å²) in [6.07, 6.45) is 9.04. The number of benzene rings is 1. The van der Waals surface area contributed by atoms with Gasteiger partial charge in [0.2, 0.25) is 5.91 Å². The third-order valence-corrected chi connectivity index (χ3v) is 9.86. The molecule has 2 aromatic heterocycles. The Morgan fingerprint density at radius 1 is 1.04 bits per heavy atom. The third kappa shape index (κ3) is 8.90. The Labute approximate surface area is 282 Å². The zero-order valence-electron chi connectivity index (χ0n) is 28.5. The number of methoxy groups -OCH3 is 1. The van der Waals surface area contributed by atoms with Crippen molar-refractivity contribution < 1.29 is 27.8 Å². The number of anilines is 1. The standard InChI is InChI=1S/C37H49F2N5O4/c1-24(2)44-23-31(20-42-44)30-15-16-40-35(18-30)43(22-26-5-7-27(8-6-26)29-11-14-34(47-4)25(3)17-29)36(45)28-9-12-33(13-10-28)48-37(46)41-21-32(39)19-38/h11,14-18,20,23-24,26-28,32-33H,5-10,12-13,19,21-22H2,1-4H3,(H,41,46)/t26?,27?,28?,32-,33?/m0/s1. The minimum atomic E-state index is -1.75. The van der Waals surface area contributed by atoms with Gasteiger partial charge in [-0.05, 0) is 119 Å². The number of amides is 2. The lowest BCUT2D eigenvalue weighted by atomic mass is 9.78. The van der Waals surface area contributed by atoms with E-state index in [2.05, 4.69) is 49.4 Å². The predicted molar refractivity (Wildman–Crippen MR) is 182 cm³/mol. The van der Waals surface area contributed by atoms with E-state index in [0.29, 0.717) is 49.9 Å². The number of rotatable bonds is 12. The Hall–Kier alpha value is -4.02. The summed E-state index contributed by atoms with van der Waals surface area (Å²) in [6, 6.07) is 10.6. The van der Waals surface area contributed by atoms with Crippen LogP contribution in [0.1, 0.15) is 88.3 Å². The number of aryl methyl sites for hydroxylation is 1. The van der Waals surface area contributed by atoms with E-state index in [4.69, 9.17) is 14.5 Å². The Morgan fingerprint density at radius 2 is 1.79 bits per heavy atom. The monoisotopic (exact) mass is 665 g/mol. The number of ether oxygens (including phenoxy) is 2. The highest BCUT2D eigenvalue weighted by molar-refractivity contribution is 5.94. The number of nitrogens with one attached hydrogen (secondary N) is 1. The molecule has 1 N–H and O–H groups in total. The van der Waals surface area contributed by atoms with Gasteiger partial charge in [-0.1, -0.05) is 12.1 Å². The molecular formula is C37H49F2N5O4. The number of carbonyl (C=O) groups is 2. The van der Waals surface area contributed by atoms with Gasteiger partial charge in [0.25, 0.3) is 0 Å². The van der Waals surface area contributed by atoms with Crippen LogP contribution in [0.15, 0.2) is 48.9 Å². The maximum atomic E-state index is 14.3. The molecule has 2 amide bonds. The van der Waals surface area contributed by atoms with E-state index < -0.39 is 25.5 Å². The molecule has 11 heteroatoms. The fourth-order valence-corrected chi connectivity index (χ4v) is 6.99. The van der Waals surface area contributed by atoms with Crippen molar-refractivity contribution in [1.82, 2.24) is 20.1 Å². The number of alkyl halides is 2. The molecule has 0 aliphatic heterocycles. The highest BCUT2D eigenvalue weighted by Gasteiger charge is 2.34. The average Bonchev–Trinajstić information content (AvgIpc) is 3.61. The minimum Gasteiger partial charge on any atom is -0.496 e. The van der Waals surface area contributed by atoms with E-state index in [1.807, 2.05) is 34.1 Å². The van der Waals surface area contributed by atoms with Crippen molar-refractivity contribution in [3.8, 4) is 16.9 Å². The average molecular weight is 666 g/mol. The van der Waals surface area contributed by atoms with Gasteiger partial charge in [-0.2, -0.15) is 5.10 Å². The predicted octanol–water partition coefficient (Wildman–Crippen LogP) is 7.74. The Bertz CT molecular complexity index is 1510. The van der Waals surface area contributed by atoms with E-state index >= 15 is 0 Å². The molecule has 0 radical (unpaired) electrons. The first-order valence-corrected chi connectivity index (χ1v) is 17.3. The largest absolute Gasteiger partial charge is 0.496 e. The second kappa shape index (κ2) is 16.4. The van der Waals surface area contributed by atoms with Gasteiger partial charge in [-0.15, -0.1) is 0 Å². The number of nitrogens with zero attached hydrogens (tertiary/aromatic N) is 4. The van der Waals surface area contributed by atoms with Crippen LogP contribution in [-0.4, -0.2) is 65.9 Å². The van der Waals surface area contributed by atoms with Crippen LogP contribution in [0.3, 0.4) is 0 Å². The molecule has 0 saturated heterocycles. The van der Waals surface area contributed by atoms with E-state index in [1.165, 1.54) is 5.56 Å². The van der Waals surface area contributed by atoms with E-state index in [-0.39, 0.29) is 24.0 Å². The lowest BCUT2D eigenvalue weighted by Crippen LogP contribution is -2.43. The number of hydrogen-bond acceptors (Lipinski definition) is 6. The fraction of sp³-hybridized carbons (Fsp3) is 0.568. The molecule has 0 spiro atoms. The molecule has 1 atom stereocenters. The van der Waals surface area contributed by atoms with Gasteiger partial charge in [0.05, 0.1) is 19.9 Å². The van der Waals surface area contributed by atoms with Crippen molar-refractivity contribution in [2.24, 2.45) is 11.8 Å². The molecule has 3 aromatic rings. The van der Waals surface area contributed by atoms with Gasteiger partial charge in [0.15, 0.2) is 0 Å². The Kier molecular flexibility index (Phi) is 12.1. The number of pyridine rings is 1. The van der Waals surface area contributed by atoms with Crippen LogP contribution in [0.4, 0.5) is 19.4 Å². The van der Waals surface area contributed by atoms with Gasteiger partial charge >= 0.3 is 6.09 Å². The first-order chi connectivity index (χ1) is 23.1. The summed E-state index contributed by atoms with van der Waals surface area (Å²) in [6.45, 7) is 5.25. The number of halogens is 2. The summed E-state index contributed by atoms with van der Waals surface area (Å²) in [5.74, 6) is 2.16. The number of aromatic nitrogens is 3. The van der Waals surface area contributed by atoms with Crippen molar-refractivity contribution in [1.29, 1.82) is 0 Å². The summed E-state index contributed by atoms with van der Waals surface area (Å²) in [5.41, 5.74) is 4.41. The van der Waals surface area contributed by atoms with Crippen molar-refractivity contribution >= 4 is 17.8 Å². The lowest BCUT2D eigenvalue weighted by molar-refractivity contribution is -0.124. The molecule has 2 saturated carbocycles. The van der Waals surface area contributed by atoms with Crippen LogP contribution in [0.25, 0.3) is 11.1 Å².